The first kappa shape index (κ1) is 15.4. The molecule has 1 N–H and O–H groups in total. The number of aromatic nitrogens is 2. The molecule has 2 aromatic rings. The molecule has 0 fully saturated rings. The van der Waals surface area contributed by atoms with Crippen LogP contribution in [0.2, 0.25) is 0 Å². The van der Waals surface area contributed by atoms with E-state index in [2.05, 4.69) is 22.2 Å². The maximum Gasteiger partial charge on any atom is 0.317 e. The van der Waals surface area contributed by atoms with Gasteiger partial charge in [0.25, 0.3) is 0 Å². The van der Waals surface area contributed by atoms with Crippen LogP contribution >= 0.6 is 11.3 Å². The summed E-state index contributed by atoms with van der Waals surface area (Å²) in [6.07, 6.45) is 7.17. The molecule has 0 radical (unpaired) electrons. The molecule has 2 amide bonds. The monoisotopic (exact) mass is 304 g/mol. The van der Waals surface area contributed by atoms with Gasteiger partial charge in [-0.1, -0.05) is 6.92 Å². The minimum atomic E-state index is -0.0703. The van der Waals surface area contributed by atoms with E-state index in [0.29, 0.717) is 13.1 Å². The molecule has 0 aliphatic carbocycles. The molecule has 0 unspecified atom stereocenters. The summed E-state index contributed by atoms with van der Waals surface area (Å²) in [5.74, 6) is 0. The third-order valence-electron chi connectivity index (χ3n) is 3.08. The first-order valence-electron chi connectivity index (χ1n) is 7.00. The first-order valence-corrected chi connectivity index (χ1v) is 7.82. The SMILES string of the molecule is CCc1cnc(CCNC(=O)N(C)Cc2ccncc2)s1. The van der Waals surface area contributed by atoms with Crippen LogP contribution in [0.1, 0.15) is 22.4 Å². The standard InChI is InChI=1S/C15H20N4OS/c1-3-13-10-18-14(21-13)6-9-17-15(20)19(2)11-12-4-7-16-8-5-12/h4-5,7-8,10H,3,6,9,11H2,1-2H3,(H,17,20). The Morgan fingerprint density at radius 2 is 2.14 bits per heavy atom. The molecule has 0 spiro atoms. The van der Waals surface area contributed by atoms with E-state index in [-0.39, 0.29) is 6.03 Å². The third kappa shape index (κ3) is 4.82. The van der Waals surface area contributed by atoms with E-state index in [1.807, 2.05) is 18.3 Å². The van der Waals surface area contributed by atoms with E-state index in [1.165, 1.54) is 4.88 Å². The van der Waals surface area contributed by atoms with Crippen LogP contribution < -0.4 is 5.32 Å². The van der Waals surface area contributed by atoms with Crippen molar-refractivity contribution in [1.82, 2.24) is 20.2 Å². The van der Waals surface area contributed by atoms with Crippen molar-refractivity contribution in [3.05, 3.63) is 46.2 Å². The highest BCUT2D eigenvalue weighted by atomic mass is 32.1. The number of hydrogen-bond acceptors (Lipinski definition) is 4. The van der Waals surface area contributed by atoms with Crippen molar-refractivity contribution in [3.63, 3.8) is 0 Å². The quantitative estimate of drug-likeness (QED) is 0.892. The molecule has 0 aliphatic rings. The fourth-order valence-electron chi connectivity index (χ4n) is 1.87. The van der Waals surface area contributed by atoms with E-state index in [0.717, 1.165) is 23.4 Å². The smallest absolute Gasteiger partial charge is 0.317 e. The van der Waals surface area contributed by atoms with Gasteiger partial charge in [-0.25, -0.2) is 9.78 Å². The average Bonchev–Trinajstić information content (AvgIpc) is 2.96. The molecular formula is C15H20N4OS. The second-order valence-corrected chi connectivity index (χ2v) is 5.97. The number of amides is 2. The number of carbonyl (C=O) groups is 1. The van der Waals surface area contributed by atoms with Gasteiger partial charge in [-0.3, -0.25) is 4.98 Å². The summed E-state index contributed by atoms with van der Waals surface area (Å²) < 4.78 is 0. The van der Waals surface area contributed by atoms with Gasteiger partial charge < -0.3 is 10.2 Å². The largest absolute Gasteiger partial charge is 0.338 e. The summed E-state index contributed by atoms with van der Waals surface area (Å²) in [6, 6.07) is 3.75. The highest BCUT2D eigenvalue weighted by molar-refractivity contribution is 7.11. The Morgan fingerprint density at radius 1 is 1.38 bits per heavy atom. The summed E-state index contributed by atoms with van der Waals surface area (Å²) in [4.78, 5) is 23.2. The van der Waals surface area contributed by atoms with E-state index in [4.69, 9.17) is 0 Å². The Kier molecular flexibility index (Phi) is 5.68. The third-order valence-corrected chi connectivity index (χ3v) is 4.28. The Labute approximate surface area is 129 Å². The average molecular weight is 304 g/mol. The number of thiazole rings is 1. The molecule has 0 bridgehead atoms. The van der Waals surface area contributed by atoms with Crippen molar-refractivity contribution < 1.29 is 4.79 Å². The van der Waals surface area contributed by atoms with Crippen molar-refractivity contribution >= 4 is 17.4 Å². The lowest BCUT2D eigenvalue weighted by molar-refractivity contribution is 0.207. The van der Waals surface area contributed by atoms with Crippen molar-refractivity contribution in [2.45, 2.75) is 26.3 Å². The number of carbonyl (C=O) groups excluding carboxylic acids is 1. The van der Waals surface area contributed by atoms with E-state index in [9.17, 15) is 4.79 Å². The second kappa shape index (κ2) is 7.73. The summed E-state index contributed by atoms with van der Waals surface area (Å²) in [5, 5.41) is 3.99. The molecule has 0 saturated heterocycles. The van der Waals surface area contributed by atoms with Gasteiger partial charge in [0.1, 0.15) is 0 Å². The summed E-state index contributed by atoms with van der Waals surface area (Å²) >= 11 is 1.71. The highest BCUT2D eigenvalue weighted by Gasteiger charge is 2.09. The zero-order chi connectivity index (χ0) is 15.1. The summed E-state index contributed by atoms with van der Waals surface area (Å²) in [5.41, 5.74) is 1.06. The topological polar surface area (TPSA) is 58.1 Å². The molecule has 112 valence electrons. The van der Waals surface area contributed by atoms with Crippen LogP contribution in [0.5, 0.6) is 0 Å². The fourth-order valence-corrected chi connectivity index (χ4v) is 2.73. The number of pyridine rings is 1. The lowest BCUT2D eigenvalue weighted by Gasteiger charge is -2.17. The molecule has 0 saturated carbocycles. The lowest BCUT2D eigenvalue weighted by Crippen LogP contribution is -2.37. The molecule has 2 heterocycles. The van der Waals surface area contributed by atoms with Gasteiger partial charge in [-0.2, -0.15) is 0 Å². The highest BCUT2D eigenvalue weighted by Crippen LogP contribution is 2.13. The Hall–Kier alpha value is -1.95. The minimum absolute atomic E-state index is 0.0703. The van der Waals surface area contributed by atoms with Gasteiger partial charge in [-0.05, 0) is 24.1 Å². The minimum Gasteiger partial charge on any atom is -0.338 e. The van der Waals surface area contributed by atoms with Gasteiger partial charge in [0.05, 0.1) is 5.01 Å². The maximum absolute atomic E-state index is 12.0. The molecular weight excluding hydrogens is 284 g/mol. The van der Waals surface area contributed by atoms with Crippen LogP contribution in [0.15, 0.2) is 30.7 Å². The van der Waals surface area contributed by atoms with Gasteiger partial charge >= 0.3 is 6.03 Å². The van der Waals surface area contributed by atoms with Crippen LogP contribution in [0.4, 0.5) is 4.79 Å². The first-order chi connectivity index (χ1) is 10.2. The van der Waals surface area contributed by atoms with Crippen molar-refractivity contribution in [3.8, 4) is 0 Å². The molecule has 2 aromatic heterocycles. The zero-order valence-corrected chi connectivity index (χ0v) is 13.2. The summed E-state index contributed by atoms with van der Waals surface area (Å²) in [6.45, 7) is 3.30. The predicted octanol–water partition coefficient (Wildman–Crippen LogP) is 2.48. The van der Waals surface area contributed by atoms with Crippen LogP contribution in [0.25, 0.3) is 0 Å². The molecule has 0 aliphatic heterocycles. The second-order valence-electron chi connectivity index (χ2n) is 4.77. The number of rotatable bonds is 6. The predicted molar refractivity (Wildman–Crippen MR) is 84.3 cm³/mol. The van der Waals surface area contributed by atoms with Gasteiger partial charge in [-0.15, -0.1) is 11.3 Å². The van der Waals surface area contributed by atoms with Gasteiger partial charge in [0.2, 0.25) is 0 Å². The molecule has 0 aromatic carbocycles. The lowest BCUT2D eigenvalue weighted by atomic mass is 10.2. The summed E-state index contributed by atoms with van der Waals surface area (Å²) in [7, 11) is 1.79. The number of nitrogens with one attached hydrogen (secondary N) is 1. The van der Waals surface area contributed by atoms with Crippen molar-refractivity contribution in [1.29, 1.82) is 0 Å². The number of aryl methyl sites for hydroxylation is 1. The van der Waals surface area contributed by atoms with Crippen LogP contribution in [-0.2, 0) is 19.4 Å². The molecule has 0 atom stereocenters. The van der Waals surface area contributed by atoms with E-state index < -0.39 is 0 Å². The van der Waals surface area contributed by atoms with Crippen LogP contribution in [-0.4, -0.2) is 34.5 Å². The molecule has 2 rings (SSSR count). The Balaban J connectivity index is 1.73. The van der Waals surface area contributed by atoms with E-state index in [1.54, 1.807) is 35.7 Å². The number of nitrogens with zero attached hydrogens (tertiary/aromatic N) is 3. The molecule has 21 heavy (non-hydrogen) atoms. The Morgan fingerprint density at radius 3 is 2.81 bits per heavy atom. The fraction of sp³-hybridized carbons (Fsp3) is 0.400. The maximum atomic E-state index is 12.0. The van der Waals surface area contributed by atoms with E-state index >= 15 is 0 Å². The number of urea groups is 1. The molecule has 5 nitrogen and oxygen atoms in total. The zero-order valence-electron chi connectivity index (χ0n) is 12.4. The Bertz CT molecular complexity index is 570. The van der Waals surface area contributed by atoms with Crippen LogP contribution in [0.3, 0.4) is 0 Å². The van der Waals surface area contributed by atoms with Gasteiger partial charge in [0.15, 0.2) is 0 Å². The van der Waals surface area contributed by atoms with Crippen molar-refractivity contribution in [2.75, 3.05) is 13.6 Å². The molecule has 6 heteroatoms. The van der Waals surface area contributed by atoms with Crippen LogP contribution in [0, 0.1) is 0 Å². The van der Waals surface area contributed by atoms with Crippen molar-refractivity contribution in [2.24, 2.45) is 0 Å². The van der Waals surface area contributed by atoms with Gasteiger partial charge in [0, 0.05) is 50.0 Å². The normalized spacial score (nSPS) is 10.4. The number of hydrogen-bond donors (Lipinski definition) is 1.